The zero-order chi connectivity index (χ0) is 26.7. The SMILES string of the molecule is CC1[C@@H](O)C(OCC(C)(O)C(=O)[C@@H](O)[C@H](O)CO[C@@H]2O[C@H](CO)[C@@H](O)C(=O)[C@H]2O)O/C(=C/O)[C@H]1O. The number of aliphatic hydroxyl groups excluding tert-OH is 8. The molecule has 0 spiro atoms. The van der Waals surface area contributed by atoms with Crippen molar-refractivity contribution in [2.75, 3.05) is 19.8 Å². The third kappa shape index (κ3) is 6.52. The lowest BCUT2D eigenvalue weighted by Crippen LogP contribution is -2.57. The monoisotopic (exact) mass is 512 g/mol. The van der Waals surface area contributed by atoms with Crippen molar-refractivity contribution in [3.8, 4) is 0 Å². The van der Waals surface area contributed by atoms with Crippen LogP contribution in [-0.4, -0.2) is 138 Å². The molecule has 202 valence electrons. The zero-order valence-electron chi connectivity index (χ0n) is 18.9. The second-order valence-electron chi connectivity index (χ2n) is 8.62. The van der Waals surface area contributed by atoms with E-state index in [2.05, 4.69) is 0 Å². The Morgan fingerprint density at radius 2 is 1.74 bits per heavy atom. The third-order valence-electron chi connectivity index (χ3n) is 5.79. The molecule has 2 saturated heterocycles. The van der Waals surface area contributed by atoms with Crippen molar-refractivity contribution in [2.24, 2.45) is 5.92 Å². The number of ether oxygens (including phenoxy) is 4. The van der Waals surface area contributed by atoms with Gasteiger partial charge in [0, 0.05) is 5.92 Å². The van der Waals surface area contributed by atoms with Gasteiger partial charge in [0.05, 0.1) is 19.8 Å². The summed E-state index contributed by atoms with van der Waals surface area (Å²) in [7, 11) is 0. The molecule has 15 heteroatoms. The Kier molecular flexibility index (Phi) is 10.1. The van der Waals surface area contributed by atoms with Crippen LogP contribution in [0, 0.1) is 5.92 Å². The summed E-state index contributed by atoms with van der Waals surface area (Å²) in [4.78, 5) is 24.3. The highest BCUT2D eigenvalue weighted by Gasteiger charge is 2.46. The van der Waals surface area contributed by atoms with Crippen LogP contribution in [0.15, 0.2) is 12.0 Å². The Morgan fingerprint density at radius 3 is 2.31 bits per heavy atom. The van der Waals surface area contributed by atoms with E-state index in [-0.39, 0.29) is 5.76 Å². The summed E-state index contributed by atoms with van der Waals surface area (Å²) in [5.74, 6) is -3.57. The summed E-state index contributed by atoms with van der Waals surface area (Å²) in [6, 6.07) is 0. The number of carbonyl (C=O) groups excluding carboxylic acids is 2. The molecule has 9 N–H and O–H groups in total. The lowest BCUT2D eigenvalue weighted by atomic mass is 9.93. The molecule has 2 heterocycles. The minimum absolute atomic E-state index is 0.312. The maximum absolute atomic E-state index is 12.5. The molecule has 15 nitrogen and oxygen atoms in total. The van der Waals surface area contributed by atoms with Crippen molar-refractivity contribution in [3.63, 3.8) is 0 Å². The quantitative estimate of drug-likeness (QED) is 0.124. The Bertz CT molecular complexity index is 770. The first-order valence-corrected chi connectivity index (χ1v) is 10.7. The number of aliphatic hydroxyl groups is 9. The highest BCUT2D eigenvalue weighted by atomic mass is 16.7. The molecule has 2 fully saturated rings. The highest BCUT2D eigenvalue weighted by Crippen LogP contribution is 2.29. The second-order valence-corrected chi connectivity index (χ2v) is 8.62. The Labute approximate surface area is 199 Å². The van der Waals surface area contributed by atoms with Crippen molar-refractivity contribution >= 4 is 11.6 Å². The topological polar surface area (TPSA) is 253 Å². The summed E-state index contributed by atoms with van der Waals surface area (Å²) in [5.41, 5.74) is -2.42. The molecule has 0 aliphatic carbocycles. The summed E-state index contributed by atoms with van der Waals surface area (Å²) in [5, 5.41) is 88.4. The first-order valence-electron chi connectivity index (χ1n) is 10.7. The predicted molar refractivity (Wildman–Crippen MR) is 109 cm³/mol. The largest absolute Gasteiger partial charge is 0.512 e. The third-order valence-corrected chi connectivity index (χ3v) is 5.79. The molecule has 0 bridgehead atoms. The molecule has 0 aromatic carbocycles. The van der Waals surface area contributed by atoms with Gasteiger partial charge in [-0.1, -0.05) is 6.92 Å². The summed E-state index contributed by atoms with van der Waals surface area (Å²) >= 11 is 0. The van der Waals surface area contributed by atoms with Crippen molar-refractivity contribution in [1.29, 1.82) is 0 Å². The van der Waals surface area contributed by atoms with E-state index < -0.39 is 98.2 Å². The molecule has 11 atom stereocenters. The Morgan fingerprint density at radius 1 is 1.11 bits per heavy atom. The number of Topliss-reactive ketones (excluding diaryl/α,β-unsaturated/α-hetero) is 2. The van der Waals surface area contributed by atoms with Crippen molar-refractivity contribution < 1.29 is 74.5 Å². The highest BCUT2D eigenvalue weighted by molar-refractivity contribution is 5.91. The smallest absolute Gasteiger partial charge is 0.226 e. The molecule has 0 aromatic heterocycles. The van der Waals surface area contributed by atoms with Crippen LogP contribution in [-0.2, 0) is 28.5 Å². The van der Waals surface area contributed by atoms with E-state index in [4.69, 9.17) is 29.2 Å². The molecule has 0 amide bonds. The molecule has 2 aliphatic rings. The molecule has 2 rings (SSSR count). The fourth-order valence-electron chi connectivity index (χ4n) is 3.39. The molecule has 0 aromatic rings. The van der Waals surface area contributed by atoms with Crippen molar-refractivity contribution in [1.82, 2.24) is 0 Å². The van der Waals surface area contributed by atoms with Gasteiger partial charge in [-0.25, -0.2) is 0 Å². The average molecular weight is 512 g/mol. The summed E-state index contributed by atoms with van der Waals surface area (Å²) in [6.45, 7) is -0.0987. The Balaban J connectivity index is 1.93. The van der Waals surface area contributed by atoms with E-state index in [1.165, 1.54) is 6.92 Å². The number of hydrogen-bond acceptors (Lipinski definition) is 15. The lowest BCUT2D eigenvalue weighted by molar-refractivity contribution is -0.262. The molecule has 35 heavy (non-hydrogen) atoms. The zero-order valence-corrected chi connectivity index (χ0v) is 18.9. The number of carbonyl (C=O) groups is 2. The first-order chi connectivity index (χ1) is 16.3. The molecule has 3 unspecified atom stereocenters. The minimum atomic E-state index is -2.42. The molecule has 2 aliphatic heterocycles. The number of ketones is 2. The van der Waals surface area contributed by atoms with E-state index >= 15 is 0 Å². The van der Waals surface area contributed by atoms with E-state index in [1.54, 1.807) is 0 Å². The van der Waals surface area contributed by atoms with Crippen LogP contribution in [0.5, 0.6) is 0 Å². The number of rotatable bonds is 10. The van der Waals surface area contributed by atoms with E-state index in [1.807, 2.05) is 0 Å². The van der Waals surface area contributed by atoms with Gasteiger partial charge in [0.15, 0.2) is 29.7 Å². The standard InChI is InChI=1S/C20H32O15/c1-7-11(24)9(3-21)34-18(12(7)25)33-6-20(2,31)17(30)13(26)8(23)5-32-19-16(29)15(28)14(27)10(4-22)35-19/h3,7-8,10-14,16,18-19,21-27,29,31H,4-6H2,1-2H3/b9-3+/t7?,8-,10-,11+,12-,13+,14-,16-,18?,19-,20?/m1/s1. The molecule has 0 saturated carbocycles. The van der Waals surface area contributed by atoms with Crippen LogP contribution in [0.1, 0.15) is 13.8 Å². The molecular formula is C20H32O15. The predicted octanol–water partition coefficient (Wildman–Crippen LogP) is -4.82. The molecule has 0 radical (unpaired) electrons. The van der Waals surface area contributed by atoms with Crippen molar-refractivity contribution in [3.05, 3.63) is 12.0 Å². The minimum Gasteiger partial charge on any atom is -0.512 e. The second kappa shape index (κ2) is 12.0. The van der Waals surface area contributed by atoms with Gasteiger partial charge in [-0.2, -0.15) is 0 Å². The fraction of sp³-hybridized carbons (Fsp3) is 0.800. The number of hydrogen-bond donors (Lipinski definition) is 9. The average Bonchev–Trinajstić information content (AvgIpc) is 2.83. The first kappa shape index (κ1) is 29.5. The van der Waals surface area contributed by atoms with Gasteiger partial charge in [0.25, 0.3) is 0 Å². The van der Waals surface area contributed by atoms with Crippen LogP contribution in [0.25, 0.3) is 0 Å². The van der Waals surface area contributed by atoms with Crippen LogP contribution >= 0.6 is 0 Å². The van der Waals surface area contributed by atoms with Gasteiger partial charge in [-0.15, -0.1) is 0 Å². The Hall–Kier alpha value is -1.76. The summed E-state index contributed by atoms with van der Waals surface area (Å²) in [6.07, 6.45) is -14.9. The van der Waals surface area contributed by atoms with Crippen LogP contribution in [0.4, 0.5) is 0 Å². The maximum atomic E-state index is 12.5. The van der Waals surface area contributed by atoms with E-state index in [0.717, 1.165) is 6.92 Å². The van der Waals surface area contributed by atoms with Gasteiger partial charge < -0.3 is 64.9 Å². The van der Waals surface area contributed by atoms with E-state index in [9.17, 15) is 45.3 Å². The molecular weight excluding hydrogens is 480 g/mol. The summed E-state index contributed by atoms with van der Waals surface area (Å²) < 4.78 is 20.3. The lowest BCUT2D eigenvalue weighted by Gasteiger charge is -2.38. The van der Waals surface area contributed by atoms with Gasteiger partial charge in [-0.3, -0.25) is 9.59 Å². The van der Waals surface area contributed by atoms with Crippen LogP contribution < -0.4 is 0 Å². The van der Waals surface area contributed by atoms with Crippen LogP contribution in [0.3, 0.4) is 0 Å². The normalized spacial score (nSPS) is 38.5. The van der Waals surface area contributed by atoms with Gasteiger partial charge in [0.1, 0.15) is 48.5 Å². The van der Waals surface area contributed by atoms with Crippen LogP contribution in [0.2, 0.25) is 0 Å². The van der Waals surface area contributed by atoms with Gasteiger partial charge in [0.2, 0.25) is 6.29 Å². The maximum Gasteiger partial charge on any atom is 0.226 e. The van der Waals surface area contributed by atoms with E-state index in [0.29, 0.717) is 6.26 Å². The fourth-order valence-corrected chi connectivity index (χ4v) is 3.39. The van der Waals surface area contributed by atoms with Gasteiger partial charge in [-0.05, 0) is 6.92 Å². The van der Waals surface area contributed by atoms with Gasteiger partial charge >= 0.3 is 0 Å². The van der Waals surface area contributed by atoms with Crippen molar-refractivity contribution in [2.45, 2.75) is 74.8 Å².